The van der Waals surface area contributed by atoms with E-state index < -0.39 is 26.1 Å². The number of aryl methyl sites for hydroxylation is 1. The number of halogens is 4. The molecule has 59 heavy (non-hydrogen) atoms. The zero-order valence-electron chi connectivity index (χ0n) is 37.7. The van der Waals surface area contributed by atoms with Crippen molar-refractivity contribution >= 4 is 25.4 Å². The number of hydrogen-bond acceptors (Lipinski definition) is 0. The summed E-state index contributed by atoms with van der Waals surface area (Å²) in [5.74, 6) is -4.41. The van der Waals surface area contributed by atoms with Crippen LogP contribution in [0.1, 0.15) is 204 Å². The van der Waals surface area contributed by atoms with Gasteiger partial charge in [0.25, 0.3) is 0 Å². The Labute approximate surface area is 359 Å². The van der Waals surface area contributed by atoms with E-state index in [1.807, 2.05) is 45.0 Å². The van der Waals surface area contributed by atoms with Gasteiger partial charge in [-0.3, -0.25) is 0 Å². The van der Waals surface area contributed by atoms with Crippen LogP contribution in [0.2, 0.25) is 0 Å². The Morgan fingerprint density at radius 1 is 0.661 bits per heavy atom. The summed E-state index contributed by atoms with van der Waals surface area (Å²) in [7, 11) is -1.40. The second kappa shape index (κ2) is 25.3. The van der Waals surface area contributed by atoms with Gasteiger partial charge in [0.15, 0.2) is 0 Å². The van der Waals surface area contributed by atoms with Gasteiger partial charge in [-0.1, -0.05) is 222 Å². The Balaban J connectivity index is 1.62. The molecule has 0 saturated heterocycles. The quantitative estimate of drug-likeness (QED) is 0.0296. The van der Waals surface area contributed by atoms with Crippen molar-refractivity contribution in [1.82, 2.24) is 0 Å². The van der Waals surface area contributed by atoms with Crippen molar-refractivity contribution in [1.29, 1.82) is 0 Å². The van der Waals surface area contributed by atoms with E-state index in [2.05, 4.69) is 63.3 Å². The number of allylic oxidation sites excluding steroid dienone is 5. The third-order valence-electron chi connectivity index (χ3n) is 12.6. The number of hydrogen-bond donors (Lipinski definition) is 0. The molecule has 3 unspecified atom stereocenters. The highest BCUT2D eigenvalue weighted by molar-refractivity contribution is 7.44. The summed E-state index contributed by atoms with van der Waals surface area (Å²) in [6.07, 6.45) is 28.3. The van der Waals surface area contributed by atoms with Crippen LogP contribution in [0.25, 0.3) is 16.8 Å². The second-order valence-electron chi connectivity index (χ2n) is 17.5. The lowest BCUT2D eigenvalue weighted by Gasteiger charge is -2.41. The van der Waals surface area contributed by atoms with Crippen LogP contribution in [0.3, 0.4) is 0 Å². The molecule has 1 aliphatic rings. The van der Waals surface area contributed by atoms with Gasteiger partial charge in [0.2, 0.25) is 0 Å². The van der Waals surface area contributed by atoms with Crippen molar-refractivity contribution in [3.05, 3.63) is 111 Å². The van der Waals surface area contributed by atoms with Crippen molar-refractivity contribution in [2.24, 2.45) is 0 Å². The maximum Gasteiger partial charge on any atom is 0.406 e. The third kappa shape index (κ3) is 13.6. The lowest BCUT2D eigenvalue weighted by Crippen LogP contribution is -2.33. The molecule has 0 amide bonds. The Kier molecular flexibility index (Phi) is 21.0. The lowest BCUT2D eigenvalue weighted by atomic mass is 9.63. The number of unbranched alkanes of at least 4 members (excludes halogenated alkanes) is 16. The van der Waals surface area contributed by atoms with E-state index in [9.17, 15) is 13.2 Å². The summed E-state index contributed by atoms with van der Waals surface area (Å²) in [5.41, 5.74) is 6.13. The van der Waals surface area contributed by atoms with Gasteiger partial charge in [-0.15, -0.1) is 0 Å². The molecule has 3 aromatic rings. The SMILES string of the molecule is CCCCCCCCCCCCCCCCCCCC(F)C(=C(C)C)/C(=C(/CC)PC(F)(F)F)C1(c2c(CCC)c(CCC)cc3ccccc23)C=Cc2ccccc21. The summed E-state index contributed by atoms with van der Waals surface area (Å²) in [6, 6.07) is 18.8. The predicted molar refractivity (Wildman–Crippen MR) is 252 cm³/mol. The smallest absolute Gasteiger partial charge is 0.242 e. The standard InChI is InChI=1S/C54H77F4P/c1-7-11-12-13-14-15-16-17-18-19-20-21-22-23-24-25-26-37-48(55)50(41(5)6)52(49(10-4)59-54(56,57)58)53(39-38-42-33-28-30-36-47(42)53)51-45(32-9-3)43(31-8-2)40-44-34-27-29-35-46(44)51/h27-30,33-36,38-40,48,59H,7-26,31-32,37H2,1-6H3/b52-49+. The van der Waals surface area contributed by atoms with E-state index in [0.29, 0.717) is 22.9 Å². The number of benzene rings is 3. The zero-order valence-corrected chi connectivity index (χ0v) is 38.7. The van der Waals surface area contributed by atoms with Crippen LogP contribution in [-0.2, 0) is 18.3 Å². The molecule has 0 saturated carbocycles. The average molecular weight is 833 g/mol. The van der Waals surface area contributed by atoms with Gasteiger partial charge in [-0.2, -0.15) is 13.2 Å². The molecule has 0 aliphatic heterocycles. The van der Waals surface area contributed by atoms with E-state index in [1.165, 1.54) is 94.6 Å². The first-order valence-electron chi connectivity index (χ1n) is 23.8. The molecule has 0 heterocycles. The van der Waals surface area contributed by atoms with Crippen LogP contribution in [0.5, 0.6) is 0 Å². The molecule has 3 atom stereocenters. The maximum absolute atomic E-state index is 17.5. The van der Waals surface area contributed by atoms with E-state index >= 15 is 4.39 Å². The van der Waals surface area contributed by atoms with Crippen molar-refractivity contribution in [2.45, 2.75) is 207 Å². The van der Waals surface area contributed by atoms with E-state index in [0.717, 1.165) is 84.4 Å². The van der Waals surface area contributed by atoms with Crippen molar-refractivity contribution < 1.29 is 17.6 Å². The normalized spacial score (nSPS) is 16.3. The summed E-state index contributed by atoms with van der Waals surface area (Å²) >= 11 is 0. The molecular weight excluding hydrogens is 756 g/mol. The highest BCUT2D eigenvalue weighted by atomic mass is 31.1. The second-order valence-corrected chi connectivity index (χ2v) is 18.9. The Hall–Kier alpha value is -2.71. The predicted octanol–water partition coefficient (Wildman–Crippen LogP) is 18.6. The molecule has 0 bridgehead atoms. The van der Waals surface area contributed by atoms with E-state index in [4.69, 9.17) is 0 Å². The fraction of sp³-hybridized carbons (Fsp3) is 0.593. The topological polar surface area (TPSA) is 0 Å². The molecule has 1 aliphatic carbocycles. The van der Waals surface area contributed by atoms with Crippen molar-refractivity contribution in [3.63, 3.8) is 0 Å². The summed E-state index contributed by atoms with van der Waals surface area (Å²) in [5, 5.41) is 2.43. The minimum absolute atomic E-state index is 0.198. The highest BCUT2D eigenvalue weighted by Gasteiger charge is 2.47. The molecule has 0 N–H and O–H groups in total. The Morgan fingerprint density at radius 3 is 1.75 bits per heavy atom. The fourth-order valence-electron chi connectivity index (χ4n) is 9.82. The van der Waals surface area contributed by atoms with Crippen LogP contribution >= 0.6 is 8.58 Å². The van der Waals surface area contributed by atoms with Gasteiger partial charge in [-0.05, 0) is 94.6 Å². The molecule has 0 fully saturated rings. The molecular formula is C54H77F4P. The molecule has 4 rings (SSSR count). The Bertz CT molecular complexity index is 1810. The first-order valence-corrected chi connectivity index (χ1v) is 24.8. The zero-order chi connectivity index (χ0) is 42.7. The number of fused-ring (bicyclic) bond motifs is 2. The monoisotopic (exact) mass is 833 g/mol. The number of rotatable bonds is 28. The van der Waals surface area contributed by atoms with E-state index in [1.54, 1.807) is 0 Å². The van der Waals surface area contributed by atoms with Crippen LogP contribution in [-0.4, -0.2) is 12.1 Å². The molecule has 5 heteroatoms. The summed E-state index contributed by atoms with van der Waals surface area (Å²) < 4.78 is 61.9. The van der Waals surface area contributed by atoms with E-state index in [-0.39, 0.29) is 6.42 Å². The average Bonchev–Trinajstić information content (AvgIpc) is 3.59. The molecule has 0 aromatic heterocycles. The van der Waals surface area contributed by atoms with Crippen molar-refractivity contribution in [2.75, 3.05) is 0 Å². The Morgan fingerprint density at radius 2 is 1.20 bits per heavy atom. The largest absolute Gasteiger partial charge is 0.406 e. The lowest BCUT2D eigenvalue weighted by molar-refractivity contribution is -0.0364. The first-order chi connectivity index (χ1) is 28.5. The van der Waals surface area contributed by atoms with Crippen LogP contribution in [0.4, 0.5) is 17.6 Å². The first kappa shape index (κ1) is 49.0. The summed E-state index contributed by atoms with van der Waals surface area (Å²) in [4.78, 5) is 0. The van der Waals surface area contributed by atoms with Gasteiger partial charge < -0.3 is 0 Å². The van der Waals surface area contributed by atoms with Gasteiger partial charge in [0, 0.05) is 8.58 Å². The van der Waals surface area contributed by atoms with Crippen LogP contribution in [0.15, 0.2) is 82.7 Å². The minimum atomic E-state index is -4.41. The van der Waals surface area contributed by atoms with Gasteiger partial charge in [0.05, 0.1) is 5.41 Å². The van der Waals surface area contributed by atoms with Crippen LogP contribution < -0.4 is 0 Å². The highest BCUT2D eigenvalue weighted by Crippen LogP contribution is 2.59. The summed E-state index contributed by atoms with van der Waals surface area (Å²) in [6.45, 7) is 12.3. The van der Waals surface area contributed by atoms with Gasteiger partial charge in [-0.25, -0.2) is 4.39 Å². The molecule has 0 nitrogen and oxygen atoms in total. The fourth-order valence-corrected chi connectivity index (χ4v) is 10.8. The van der Waals surface area contributed by atoms with Gasteiger partial charge >= 0.3 is 5.92 Å². The molecule has 0 spiro atoms. The maximum atomic E-state index is 17.5. The molecule has 326 valence electrons. The molecule has 0 radical (unpaired) electrons. The minimum Gasteiger partial charge on any atom is -0.242 e. The van der Waals surface area contributed by atoms with Crippen molar-refractivity contribution in [3.8, 4) is 0 Å². The molecule has 3 aromatic carbocycles. The van der Waals surface area contributed by atoms with Gasteiger partial charge in [0.1, 0.15) is 6.17 Å². The third-order valence-corrected chi connectivity index (χ3v) is 13.8. The van der Waals surface area contributed by atoms with Crippen LogP contribution in [0, 0.1) is 0 Å². The number of alkyl halides is 4.